The standard InChI is InChI=1S/C15H18N2O2S/c1-10(18)9-20-14-17-16-13(19-14)11-5-7-12(8-6-11)15(2,3)4/h5-8H,9H2,1-4H3. The first-order valence-corrected chi connectivity index (χ1v) is 7.41. The average Bonchev–Trinajstić information content (AvgIpc) is 2.84. The Bertz CT molecular complexity index is 597. The fourth-order valence-electron chi connectivity index (χ4n) is 1.66. The first kappa shape index (κ1) is 14.8. The van der Waals surface area contributed by atoms with Gasteiger partial charge in [0.2, 0.25) is 5.89 Å². The molecule has 0 aliphatic carbocycles. The van der Waals surface area contributed by atoms with Crippen molar-refractivity contribution in [3.8, 4) is 11.5 Å². The Morgan fingerprint density at radius 2 is 1.85 bits per heavy atom. The smallest absolute Gasteiger partial charge is 0.277 e. The van der Waals surface area contributed by atoms with Gasteiger partial charge < -0.3 is 4.42 Å². The van der Waals surface area contributed by atoms with E-state index in [2.05, 4.69) is 43.1 Å². The van der Waals surface area contributed by atoms with E-state index in [9.17, 15) is 4.79 Å². The van der Waals surface area contributed by atoms with Crippen LogP contribution in [0.1, 0.15) is 33.3 Å². The van der Waals surface area contributed by atoms with Gasteiger partial charge >= 0.3 is 0 Å². The quantitative estimate of drug-likeness (QED) is 0.803. The summed E-state index contributed by atoms with van der Waals surface area (Å²) in [5.74, 6) is 0.922. The molecule has 0 bridgehead atoms. The molecule has 5 heteroatoms. The molecule has 0 atom stereocenters. The molecule has 0 radical (unpaired) electrons. The monoisotopic (exact) mass is 290 g/mol. The highest BCUT2D eigenvalue weighted by Crippen LogP contribution is 2.27. The molecule has 0 fully saturated rings. The van der Waals surface area contributed by atoms with Gasteiger partial charge in [-0.05, 0) is 30.0 Å². The average molecular weight is 290 g/mol. The van der Waals surface area contributed by atoms with E-state index >= 15 is 0 Å². The zero-order valence-electron chi connectivity index (χ0n) is 12.1. The van der Waals surface area contributed by atoms with Gasteiger partial charge in [-0.2, -0.15) is 0 Å². The lowest BCUT2D eigenvalue weighted by Gasteiger charge is -2.18. The number of thioether (sulfide) groups is 1. The third-order valence-corrected chi connectivity index (χ3v) is 3.77. The second-order valence-corrected chi connectivity index (χ2v) is 6.62. The van der Waals surface area contributed by atoms with E-state index < -0.39 is 0 Å². The Morgan fingerprint density at radius 1 is 1.20 bits per heavy atom. The summed E-state index contributed by atoms with van der Waals surface area (Å²) in [6.45, 7) is 8.05. The fourth-order valence-corrected chi connectivity index (χ4v) is 2.22. The van der Waals surface area contributed by atoms with Gasteiger partial charge in [-0.15, -0.1) is 10.2 Å². The highest BCUT2D eigenvalue weighted by molar-refractivity contribution is 7.99. The Labute approximate surface area is 123 Å². The molecule has 0 spiro atoms. The first-order chi connectivity index (χ1) is 9.36. The van der Waals surface area contributed by atoms with Gasteiger partial charge in [0, 0.05) is 5.56 Å². The number of carbonyl (C=O) groups is 1. The molecule has 20 heavy (non-hydrogen) atoms. The van der Waals surface area contributed by atoms with Crippen molar-refractivity contribution in [2.75, 3.05) is 5.75 Å². The van der Waals surface area contributed by atoms with Crippen LogP contribution in [-0.2, 0) is 10.2 Å². The van der Waals surface area contributed by atoms with Crippen LogP contribution in [0.15, 0.2) is 33.9 Å². The molecule has 0 amide bonds. The van der Waals surface area contributed by atoms with Crippen molar-refractivity contribution in [1.29, 1.82) is 0 Å². The second kappa shape index (κ2) is 5.79. The molecule has 0 saturated carbocycles. The van der Waals surface area contributed by atoms with Crippen LogP contribution >= 0.6 is 11.8 Å². The lowest BCUT2D eigenvalue weighted by atomic mass is 9.87. The zero-order valence-corrected chi connectivity index (χ0v) is 13.0. The number of ketones is 1. The molecule has 1 aromatic carbocycles. The zero-order chi connectivity index (χ0) is 14.8. The number of aromatic nitrogens is 2. The Hall–Kier alpha value is -1.62. The Kier molecular flexibility index (Phi) is 4.28. The van der Waals surface area contributed by atoms with Crippen molar-refractivity contribution in [2.45, 2.75) is 38.3 Å². The summed E-state index contributed by atoms with van der Waals surface area (Å²) in [5, 5.41) is 8.36. The molecule has 0 N–H and O–H groups in total. The minimum Gasteiger partial charge on any atom is -0.411 e. The van der Waals surface area contributed by atoms with Crippen molar-refractivity contribution in [3.63, 3.8) is 0 Å². The maximum atomic E-state index is 10.9. The largest absolute Gasteiger partial charge is 0.411 e. The van der Waals surface area contributed by atoms with Crippen molar-refractivity contribution < 1.29 is 9.21 Å². The highest BCUT2D eigenvalue weighted by atomic mass is 32.2. The van der Waals surface area contributed by atoms with Crippen molar-refractivity contribution >= 4 is 17.5 Å². The molecule has 0 aliphatic heterocycles. The summed E-state index contributed by atoms with van der Waals surface area (Å²) >= 11 is 1.26. The number of benzene rings is 1. The van der Waals surface area contributed by atoms with Crippen LogP contribution in [0.4, 0.5) is 0 Å². The molecule has 2 rings (SSSR count). The Morgan fingerprint density at radius 3 is 2.40 bits per heavy atom. The van der Waals surface area contributed by atoms with E-state index in [1.807, 2.05) is 12.1 Å². The second-order valence-electron chi connectivity index (χ2n) is 5.69. The van der Waals surface area contributed by atoms with E-state index in [1.54, 1.807) is 0 Å². The van der Waals surface area contributed by atoms with E-state index in [-0.39, 0.29) is 11.2 Å². The molecular weight excluding hydrogens is 272 g/mol. The third kappa shape index (κ3) is 3.70. The summed E-state index contributed by atoms with van der Waals surface area (Å²) in [4.78, 5) is 10.9. The van der Waals surface area contributed by atoms with E-state index in [0.29, 0.717) is 16.9 Å². The van der Waals surface area contributed by atoms with Crippen LogP contribution in [0.2, 0.25) is 0 Å². The molecular formula is C15H18N2O2S. The molecule has 2 aromatic rings. The lowest BCUT2D eigenvalue weighted by molar-refractivity contribution is -0.114. The van der Waals surface area contributed by atoms with E-state index in [1.165, 1.54) is 24.2 Å². The predicted octanol–water partition coefficient (Wildman–Crippen LogP) is 3.72. The van der Waals surface area contributed by atoms with Crippen LogP contribution in [0.25, 0.3) is 11.5 Å². The summed E-state index contributed by atoms with van der Waals surface area (Å²) in [6, 6.07) is 8.10. The summed E-state index contributed by atoms with van der Waals surface area (Å²) in [7, 11) is 0. The SMILES string of the molecule is CC(=O)CSc1nnc(-c2ccc(C(C)(C)C)cc2)o1. The molecule has 4 nitrogen and oxygen atoms in total. The minimum atomic E-state index is 0.0873. The van der Waals surface area contributed by atoms with E-state index in [0.717, 1.165) is 5.56 Å². The van der Waals surface area contributed by atoms with Gasteiger partial charge in [-0.25, -0.2) is 0 Å². The van der Waals surface area contributed by atoms with Crippen molar-refractivity contribution in [1.82, 2.24) is 10.2 Å². The highest BCUT2D eigenvalue weighted by Gasteiger charge is 2.15. The van der Waals surface area contributed by atoms with Gasteiger partial charge in [0.15, 0.2) is 0 Å². The molecule has 106 valence electrons. The number of carbonyl (C=O) groups excluding carboxylic acids is 1. The molecule has 0 unspecified atom stereocenters. The minimum absolute atomic E-state index is 0.0873. The van der Waals surface area contributed by atoms with Crippen molar-refractivity contribution in [3.05, 3.63) is 29.8 Å². The maximum Gasteiger partial charge on any atom is 0.277 e. The van der Waals surface area contributed by atoms with Crippen LogP contribution in [0.5, 0.6) is 0 Å². The molecule has 0 saturated heterocycles. The summed E-state index contributed by atoms with van der Waals surface area (Å²) in [5.41, 5.74) is 2.27. The van der Waals surface area contributed by atoms with Gasteiger partial charge in [0.05, 0.1) is 5.75 Å². The fraction of sp³-hybridized carbons (Fsp3) is 0.400. The molecule has 1 heterocycles. The number of Topliss-reactive ketones (excluding diaryl/α,β-unsaturated/α-hetero) is 1. The number of hydrogen-bond donors (Lipinski definition) is 0. The topological polar surface area (TPSA) is 56.0 Å². The summed E-state index contributed by atoms with van der Waals surface area (Å²) in [6.07, 6.45) is 0. The van der Waals surface area contributed by atoms with Gasteiger partial charge in [0.25, 0.3) is 5.22 Å². The third-order valence-electron chi connectivity index (χ3n) is 2.80. The maximum absolute atomic E-state index is 10.9. The van der Waals surface area contributed by atoms with E-state index in [4.69, 9.17) is 4.42 Å². The Balaban J connectivity index is 2.14. The van der Waals surface area contributed by atoms with Crippen LogP contribution in [-0.4, -0.2) is 21.7 Å². The van der Waals surface area contributed by atoms with Gasteiger partial charge in [0.1, 0.15) is 5.78 Å². The number of hydrogen-bond acceptors (Lipinski definition) is 5. The van der Waals surface area contributed by atoms with Crippen molar-refractivity contribution in [2.24, 2.45) is 0 Å². The van der Waals surface area contributed by atoms with Crippen LogP contribution < -0.4 is 0 Å². The summed E-state index contributed by atoms with van der Waals surface area (Å²) < 4.78 is 5.53. The first-order valence-electron chi connectivity index (χ1n) is 6.43. The van der Waals surface area contributed by atoms with Crippen LogP contribution in [0.3, 0.4) is 0 Å². The number of nitrogens with zero attached hydrogens (tertiary/aromatic N) is 2. The molecule has 0 aliphatic rings. The van der Waals surface area contributed by atoms with Gasteiger partial charge in [-0.3, -0.25) is 4.79 Å². The molecule has 1 aromatic heterocycles. The lowest BCUT2D eigenvalue weighted by Crippen LogP contribution is -2.10. The predicted molar refractivity (Wildman–Crippen MR) is 79.8 cm³/mol. The normalized spacial score (nSPS) is 11.6. The number of rotatable bonds is 4. The van der Waals surface area contributed by atoms with Crippen LogP contribution in [0, 0.1) is 0 Å². The van der Waals surface area contributed by atoms with Gasteiger partial charge in [-0.1, -0.05) is 44.7 Å².